The maximum absolute atomic E-state index is 4.65. The number of anilines is 1. The van der Waals surface area contributed by atoms with Gasteiger partial charge < -0.3 is 5.32 Å². The standard InChI is InChI=1S/C14H18N4/c1-15-14-11-6-2-3-7-12(11)16-13(17-14)10-18-8-4-5-9-18/h2-3,6-7H,4-5,8-10H2,1H3,(H,15,16,17). The average molecular weight is 242 g/mol. The molecule has 0 bridgehead atoms. The summed E-state index contributed by atoms with van der Waals surface area (Å²) in [6.45, 7) is 3.20. The lowest BCUT2D eigenvalue weighted by atomic mass is 10.2. The largest absolute Gasteiger partial charge is 0.373 e. The summed E-state index contributed by atoms with van der Waals surface area (Å²) in [5, 5.41) is 4.25. The van der Waals surface area contributed by atoms with Gasteiger partial charge in [0.15, 0.2) is 0 Å². The third-order valence-electron chi connectivity index (χ3n) is 3.45. The molecule has 0 unspecified atom stereocenters. The van der Waals surface area contributed by atoms with Gasteiger partial charge in [0, 0.05) is 12.4 Å². The minimum atomic E-state index is 0.861. The minimum absolute atomic E-state index is 0.861. The summed E-state index contributed by atoms with van der Waals surface area (Å²) in [5.41, 5.74) is 1.02. The maximum atomic E-state index is 4.65. The van der Waals surface area contributed by atoms with E-state index in [0.717, 1.165) is 29.1 Å². The molecule has 1 aliphatic heterocycles. The summed E-state index contributed by atoms with van der Waals surface area (Å²) in [5.74, 6) is 1.84. The van der Waals surface area contributed by atoms with Gasteiger partial charge in [-0.25, -0.2) is 9.97 Å². The predicted octanol–water partition coefficient (Wildman–Crippen LogP) is 2.27. The van der Waals surface area contributed by atoms with Gasteiger partial charge in [-0.1, -0.05) is 12.1 Å². The van der Waals surface area contributed by atoms with Gasteiger partial charge in [-0.15, -0.1) is 0 Å². The van der Waals surface area contributed by atoms with Crippen LogP contribution in [-0.4, -0.2) is 35.0 Å². The topological polar surface area (TPSA) is 41.1 Å². The van der Waals surface area contributed by atoms with Crippen LogP contribution in [0.2, 0.25) is 0 Å². The molecule has 0 radical (unpaired) electrons. The van der Waals surface area contributed by atoms with Crippen molar-refractivity contribution in [3.63, 3.8) is 0 Å². The summed E-state index contributed by atoms with van der Waals surface area (Å²) >= 11 is 0. The van der Waals surface area contributed by atoms with Gasteiger partial charge in [0.2, 0.25) is 0 Å². The van der Waals surface area contributed by atoms with E-state index in [1.165, 1.54) is 25.9 Å². The molecule has 4 heteroatoms. The molecule has 2 heterocycles. The quantitative estimate of drug-likeness (QED) is 0.896. The Morgan fingerprint density at radius 2 is 1.94 bits per heavy atom. The fourth-order valence-corrected chi connectivity index (χ4v) is 2.53. The van der Waals surface area contributed by atoms with E-state index in [9.17, 15) is 0 Å². The monoisotopic (exact) mass is 242 g/mol. The number of hydrogen-bond acceptors (Lipinski definition) is 4. The van der Waals surface area contributed by atoms with Crippen LogP contribution >= 0.6 is 0 Å². The highest BCUT2D eigenvalue weighted by molar-refractivity contribution is 5.88. The van der Waals surface area contributed by atoms with Gasteiger partial charge in [-0.2, -0.15) is 0 Å². The molecule has 1 saturated heterocycles. The lowest BCUT2D eigenvalue weighted by Crippen LogP contribution is -2.20. The molecule has 2 aromatic rings. The van der Waals surface area contributed by atoms with Crippen LogP contribution in [0, 0.1) is 0 Å². The molecular formula is C14H18N4. The number of rotatable bonds is 3. The van der Waals surface area contributed by atoms with Crippen LogP contribution in [0.15, 0.2) is 24.3 Å². The highest BCUT2D eigenvalue weighted by Gasteiger charge is 2.14. The zero-order valence-electron chi connectivity index (χ0n) is 10.7. The maximum Gasteiger partial charge on any atom is 0.145 e. The van der Waals surface area contributed by atoms with Crippen LogP contribution in [0.5, 0.6) is 0 Å². The minimum Gasteiger partial charge on any atom is -0.373 e. The predicted molar refractivity (Wildman–Crippen MR) is 73.6 cm³/mol. The van der Waals surface area contributed by atoms with Gasteiger partial charge in [0.25, 0.3) is 0 Å². The van der Waals surface area contributed by atoms with Crippen molar-refractivity contribution in [2.24, 2.45) is 0 Å². The van der Waals surface area contributed by atoms with E-state index in [1.54, 1.807) is 0 Å². The molecule has 0 atom stereocenters. The molecule has 18 heavy (non-hydrogen) atoms. The highest BCUT2D eigenvalue weighted by atomic mass is 15.2. The second-order valence-electron chi connectivity index (χ2n) is 4.74. The number of nitrogens with zero attached hydrogens (tertiary/aromatic N) is 3. The van der Waals surface area contributed by atoms with E-state index in [1.807, 2.05) is 25.2 Å². The normalized spacial score (nSPS) is 16.3. The van der Waals surface area contributed by atoms with Gasteiger partial charge >= 0.3 is 0 Å². The van der Waals surface area contributed by atoms with Crippen LogP contribution in [0.1, 0.15) is 18.7 Å². The zero-order chi connectivity index (χ0) is 12.4. The summed E-state index contributed by atoms with van der Waals surface area (Å²) < 4.78 is 0. The molecule has 0 spiro atoms. The summed E-state index contributed by atoms with van der Waals surface area (Å²) in [7, 11) is 1.91. The average Bonchev–Trinajstić information content (AvgIpc) is 2.90. The van der Waals surface area contributed by atoms with Crippen LogP contribution in [0.25, 0.3) is 10.9 Å². The number of benzene rings is 1. The van der Waals surface area contributed by atoms with Crippen molar-refractivity contribution in [2.75, 3.05) is 25.5 Å². The molecule has 94 valence electrons. The number of aromatic nitrogens is 2. The Kier molecular flexibility index (Phi) is 3.11. The molecule has 0 aliphatic carbocycles. The summed E-state index contributed by atoms with van der Waals surface area (Å²) in [6.07, 6.45) is 2.60. The van der Waals surface area contributed by atoms with Crippen LogP contribution in [0.3, 0.4) is 0 Å². The van der Waals surface area contributed by atoms with E-state index >= 15 is 0 Å². The van der Waals surface area contributed by atoms with Crippen molar-refractivity contribution in [3.05, 3.63) is 30.1 Å². The molecule has 1 aromatic heterocycles. The number of fused-ring (bicyclic) bond motifs is 1. The lowest BCUT2D eigenvalue weighted by molar-refractivity contribution is 0.323. The van der Waals surface area contributed by atoms with Crippen LogP contribution in [0.4, 0.5) is 5.82 Å². The Labute approximate surface area is 107 Å². The Balaban J connectivity index is 1.96. The first-order valence-electron chi connectivity index (χ1n) is 6.52. The molecule has 1 fully saturated rings. The Morgan fingerprint density at radius 1 is 1.17 bits per heavy atom. The third kappa shape index (κ3) is 2.16. The van der Waals surface area contributed by atoms with Crippen molar-refractivity contribution in [1.29, 1.82) is 0 Å². The number of likely N-dealkylation sites (tertiary alicyclic amines) is 1. The van der Waals surface area contributed by atoms with E-state index in [2.05, 4.69) is 26.3 Å². The Bertz CT molecular complexity index is 546. The summed E-state index contributed by atoms with van der Waals surface area (Å²) in [6, 6.07) is 8.15. The third-order valence-corrected chi connectivity index (χ3v) is 3.45. The highest BCUT2D eigenvalue weighted by Crippen LogP contribution is 2.20. The second-order valence-corrected chi connectivity index (χ2v) is 4.74. The number of para-hydroxylation sites is 1. The molecule has 1 N–H and O–H groups in total. The number of hydrogen-bond donors (Lipinski definition) is 1. The Hall–Kier alpha value is -1.68. The Morgan fingerprint density at radius 3 is 2.72 bits per heavy atom. The van der Waals surface area contributed by atoms with Crippen molar-refractivity contribution < 1.29 is 0 Å². The number of nitrogens with one attached hydrogen (secondary N) is 1. The fraction of sp³-hybridized carbons (Fsp3) is 0.429. The zero-order valence-corrected chi connectivity index (χ0v) is 10.7. The van der Waals surface area contributed by atoms with Crippen molar-refractivity contribution in [2.45, 2.75) is 19.4 Å². The van der Waals surface area contributed by atoms with Crippen LogP contribution in [-0.2, 0) is 6.54 Å². The second kappa shape index (κ2) is 4.90. The van der Waals surface area contributed by atoms with Crippen molar-refractivity contribution >= 4 is 16.7 Å². The van der Waals surface area contributed by atoms with Gasteiger partial charge in [0.05, 0.1) is 12.1 Å². The first-order chi connectivity index (χ1) is 8.86. The molecule has 0 amide bonds. The molecule has 0 saturated carbocycles. The lowest BCUT2D eigenvalue weighted by Gasteiger charge is -2.14. The van der Waals surface area contributed by atoms with Crippen molar-refractivity contribution in [1.82, 2.24) is 14.9 Å². The molecule has 1 aliphatic rings. The molecule has 3 rings (SSSR count). The van der Waals surface area contributed by atoms with Gasteiger partial charge in [-0.05, 0) is 38.1 Å². The van der Waals surface area contributed by atoms with Crippen LogP contribution < -0.4 is 5.32 Å². The molecular weight excluding hydrogens is 224 g/mol. The smallest absolute Gasteiger partial charge is 0.145 e. The van der Waals surface area contributed by atoms with Crippen molar-refractivity contribution in [3.8, 4) is 0 Å². The van der Waals surface area contributed by atoms with Gasteiger partial charge in [0.1, 0.15) is 11.6 Å². The molecule has 1 aromatic carbocycles. The van der Waals surface area contributed by atoms with E-state index in [0.29, 0.717) is 0 Å². The SMILES string of the molecule is CNc1nc(CN2CCCC2)nc2ccccc12. The van der Waals surface area contributed by atoms with E-state index < -0.39 is 0 Å². The summed E-state index contributed by atoms with van der Waals surface area (Å²) in [4.78, 5) is 11.7. The van der Waals surface area contributed by atoms with E-state index in [4.69, 9.17) is 0 Å². The first-order valence-corrected chi connectivity index (χ1v) is 6.52. The first kappa shape index (κ1) is 11.4. The van der Waals surface area contributed by atoms with Gasteiger partial charge in [-0.3, -0.25) is 4.90 Å². The van der Waals surface area contributed by atoms with E-state index in [-0.39, 0.29) is 0 Å². The molecule has 4 nitrogen and oxygen atoms in total. The fourth-order valence-electron chi connectivity index (χ4n) is 2.53.